The summed E-state index contributed by atoms with van der Waals surface area (Å²) in [4.78, 5) is 7.54. The van der Waals surface area contributed by atoms with Crippen LogP contribution in [0.2, 0.25) is 10.0 Å². The van der Waals surface area contributed by atoms with Crippen LogP contribution in [0.3, 0.4) is 0 Å². The zero-order valence-corrected chi connectivity index (χ0v) is 17.3. The van der Waals surface area contributed by atoms with Gasteiger partial charge in [0.15, 0.2) is 5.67 Å². The summed E-state index contributed by atoms with van der Waals surface area (Å²) in [6.07, 6.45) is -2.03. The van der Waals surface area contributed by atoms with Gasteiger partial charge in [0, 0.05) is 36.1 Å². The van der Waals surface area contributed by atoms with Crippen molar-refractivity contribution in [1.29, 1.82) is 0 Å². The van der Waals surface area contributed by atoms with Gasteiger partial charge in [0.25, 0.3) is 0 Å². The van der Waals surface area contributed by atoms with Crippen LogP contribution in [-0.2, 0) is 18.4 Å². The highest BCUT2D eigenvalue weighted by molar-refractivity contribution is 6.31. The van der Waals surface area contributed by atoms with Gasteiger partial charge in [-0.1, -0.05) is 41.4 Å². The van der Waals surface area contributed by atoms with Crippen LogP contribution >= 0.6 is 23.2 Å². The fourth-order valence-electron chi connectivity index (χ4n) is 2.97. The molecule has 3 aromatic rings. The zero-order valence-electron chi connectivity index (χ0n) is 15.8. The van der Waals surface area contributed by atoms with Crippen LogP contribution in [0.1, 0.15) is 23.9 Å². The third-order valence-electron chi connectivity index (χ3n) is 4.44. The van der Waals surface area contributed by atoms with Crippen LogP contribution in [0.15, 0.2) is 54.9 Å². The Bertz CT molecular complexity index is 1020. The summed E-state index contributed by atoms with van der Waals surface area (Å²) in [7, 11) is 0. The van der Waals surface area contributed by atoms with Gasteiger partial charge in [-0.3, -0.25) is 9.97 Å². The average molecular weight is 458 g/mol. The second-order valence-electron chi connectivity index (χ2n) is 6.87. The lowest BCUT2D eigenvalue weighted by Crippen LogP contribution is -2.33. The number of nitrogens with one attached hydrogen (secondary N) is 1. The maximum atomic E-state index is 15.2. The molecule has 0 amide bonds. The number of nitrogens with zero attached hydrogens (tertiary/aromatic N) is 2. The van der Waals surface area contributed by atoms with Crippen molar-refractivity contribution in [2.45, 2.75) is 25.3 Å². The molecule has 1 aromatic carbocycles. The minimum atomic E-state index is -4.58. The van der Waals surface area contributed by atoms with Gasteiger partial charge >= 0.3 is 6.18 Å². The lowest BCUT2D eigenvalue weighted by molar-refractivity contribution is -0.141. The van der Waals surface area contributed by atoms with Gasteiger partial charge < -0.3 is 5.32 Å². The van der Waals surface area contributed by atoms with Crippen molar-refractivity contribution < 1.29 is 17.6 Å². The molecule has 9 heteroatoms. The predicted molar refractivity (Wildman–Crippen MR) is 109 cm³/mol. The van der Waals surface area contributed by atoms with E-state index in [-0.39, 0.29) is 29.4 Å². The normalized spacial score (nSPS) is 13.8. The lowest BCUT2D eigenvalue weighted by atomic mass is 10.0. The Morgan fingerprint density at radius 2 is 1.63 bits per heavy atom. The monoisotopic (exact) mass is 457 g/mol. The molecule has 2 aromatic heterocycles. The van der Waals surface area contributed by atoms with Gasteiger partial charge in [-0.2, -0.15) is 13.2 Å². The quantitative estimate of drug-likeness (QED) is 0.432. The molecule has 0 aliphatic carbocycles. The van der Waals surface area contributed by atoms with E-state index in [1.54, 1.807) is 30.3 Å². The van der Waals surface area contributed by atoms with E-state index in [9.17, 15) is 13.2 Å². The summed E-state index contributed by atoms with van der Waals surface area (Å²) in [6.45, 7) is 0.777. The number of rotatable bonds is 6. The minimum absolute atomic E-state index is 0.00314. The van der Waals surface area contributed by atoms with Crippen molar-refractivity contribution in [2.75, 3.05) is 6.54 Å². The van der Waals surface area contributed by atoms with Crippen molar-refractivity contribution >= 4 is 23.2 Å². The molecule has 1 atom stereocenters. The zero-order chi connectivity index (χ0) is 21.9. The second kappa shape index (κ2) is 8.88. The van der Waals surface area contributed by atoms with Gasteiger partial charge in [-0.15, -0.1) is 0 Å². The highest BCUT2D eigenvalue weighted by Gasteiger charge is 2.35. The summed E-state index contributed by atoms with van der Waals surface area (Å²) in [5.41, 5.74) is -1.57. The van der Waals surface area contributed by atoms with Crippen molar-refractivity contribution in [3.8, 4) is 11.1 Å². The van der Waals surface area contributed by atoms with Crippen molar-refractivity contribution in [3.05, 3.63) is 81.9 Å². The molecule has 0 saturated carbocycles. The second-order valence-corrected chi connectivity index (χ2v) is 7.71. The summed E-state index contributed by atoms with van der Waals surface area (Å²) < 4.78 is 54.3. The molecule has 0 aliphatic heterocycles. The van der Waals surface area contributed by atoms with E-state index >= 15 is 4.39 Å². The maximum Gasteiger partial charge on any atom is 0.433 e. The molecule has 0 radical (unpaired) electrons. The van der Waals surface area contributed by atoms with Gasteiger partial charge in [-0.05, 0) is 42.3 Å². The van der Waals surface area contributed by atoms with Gasteiger partial charge in [0.05, 0.1) is 10.7 Å². The van der Waals surface area contributed by atoms with Crippen molar-refractivity contribution in [2.24, 2.45) is 0 Å². The summed E-state index contributed by atoms with van der Waals surface area (Å²) in [6, 6.07) is 11.3. The number of halogens is 6. The molecule has 1 N–H and O–H groups in total. The van der Waals surface area contributed by atoms with Crippen LogP contribution < -0.4 is 5.32 Å². The molecule has 2 heterocycles. The lowest BCUT2D eigenvalue weighted by Gasteiger charge is -2.22. The molecule has 0 aliphatic rings. The predicted octanol–water partition coefficient (Wildman–Crippen LogP) is 6.44. The minimum Gasteiger partial charge on any atom is -0.309 e. The van der Waals surface area contributed by atoms with Crippen LogP contribution in [0.4, 0.5) is 17.6 Å². The number of alkyl halides is 4. The summed E-state index contributed by atoms with van der Waals surface area (Å²) in [5, 5.41) is 3.40. The number of benzene rings is 1. The van der Waals surface area contributed by atoms with E-state index in [4.69, 9.17) is 23.2 Å². The van der Waals surface area contributed by atoms with Gasteiger partial charge in [0.2, 0.25) is 0 Å². The third-order valence-corrected chi connectivity index (χ3v) is 4.98. The number of pyridine rings is 2. The van der Waals surface area contributed by atoms with E-state index < -0.39 is 17.5 Å². The first-order valence-corrected chi connectivity index (χ1v) is 9.66. The first-order chi connectivity index (χ1) is 14.1. The number of aromatic nitrogens is 2. The molecule has 1 unspecified atom stereocenters. The molecule has 3 rings (SSSR count). The Kier molecular flexibility index (Phi) is 6.65. The first kappa shape index (κ1) is 22.5. The van der Waals surface area contributed by atoms with Crippen molar-refractivity contribution in [3.63, 3.8) is 0 Å². The molecule has 3 nitrogen and oxygen atoms in total. The van der Waals surface area contributed by atoms with Crippen molar-refractivity contribution in [1.82, 2.24) is 15.3 Å². The van der Waals surface area contributed by atoms with E-state index in [2.05, 4.69) is 15.3 Å². The SMILES string of the molecule is CC(F)(CNCc1cccnc1C(F)(F)F)c1ncc(-c2ccc(Cl)cc2)cc1Cl. The molecule has 158 valence electrons. The van der Waals surface area contributed by atoms with E-state index in [1.807, 2.05) is 0 Å². The first-order valence-electron chi connectivity index (χ1n) is 8.90. The average Bonchev–Trinajstić information content (AvgIpc) is 2.68. The van der Waals surface area contributed by atoms with E-state index in [0.29, 0.717) is 10.6 Å². The topological polar surface area (TPSA) is 37.8 Å². The molecule has 0 spiro atoms. The largest absolute Gasteiger partial charge is 0.433 e. The van der Waals surface area contributed by atoms with Gasteiger partial charge in [-0.25, -0.2) is 4.39 Å². The fourth-order valence-corrected chi connectivity index (χ4v) is 3.46. The Morgan fingerprint density at radius 1 is 0.933 bits per heavy atom. The van der Waals surface area contributed by atoms with Crippen LogP contribution in [0.5, 0.6) is 0 Å². The molecular weight excluding hydrogens is 441 g/mol. The van der Waals surface area contributed by atoms with Crippen LogP contribution in [0.25, 0.3) is 11.1 Å². The Hall–Kier alpha value is -2.22. The molecular formula is C21H17Cl2F4N3. The molecule has 0 fully saturated rings. The van der Waals surface area contributed by atoms with Gasteiger partial charge in [0.1, 0.15) is 5.69 Å². The Labute approximate surface area is 181 Å². The van der Waals surface area contributed by atoms with E-state index in [1.165, 1.54) is 25.3 Å². The number of hydrogen-bond donors (Lipinski definition) is 1. The third kappa shape index (κ3) is 5.28. The maximum absolute atomic E-state index is 15.2. The molecule has 0 bridgehead atoms. The number of hydrogen-bond acceptors (Lipinski definition) is 3. The smallest absolute Gasteiger partial charge is 0.309 e. The Balaban J connectivity index is 1.73. The highest BCUT2D eigenvalue weighted by Crippen LogP contribution is 2.33. The standard InChI is InChI=1S/C21H17Cl2F4N3/c1-20(24,12-28-10-14-3-2-8-29-18(14)21(25,26)27)19-17(23)9-15(11-30-19)13-4-6-16(22)7-5-13/h2-9,11,28H,10,12H2,1H3. The molecule has 0 saturated heterocycles. The Morgan fingerprint density at radius 3 is 2.27 bits per heavy atom. The highest BCUT2D eigenvalue weighted by atomic mass is 35.5. The molecule has 30 heavy (non-hydrogen) atoms. The van der Waals surface area contributed by atoms with Crippen LogP contribution in [0, 0.1) is 0 Å². The van der Waals surface area contributed by atoms with E-state index in [0.717, 1.165) is 11.8 Å². The summed E-state index contributed by atoms with van der Waals surface area (Å²) >= 11 is 12.1. The van der Waals surface area contributed by atoms with Crippen LogP contribution in [-0.4, -0.2) is 16.5 Å². The summed E-state index contributed by atoms with van der Waals surface area (Å²) in [5.74, 6) is 0. The fraction of sp³-hybridized carbons (Fsp3) is 0.238.